The van der Waals surface area contributed by atoms with Crippen molar-refractivity contribution in [3.63, 3.8) is 0 Å². The van der Waals surface area contributed by atoms with Crippen LogP contribution in [0.25, 0.3) is 10.9 Å². The van der Waals surface area contributed by atoms with Gasteiger partial charge >= 0.3 is 0 Å². The largest absolute Gasteiger partial charge is 0.353 e. The smallest absolute Gasteiger partial charge is 0.267 e. The van der Waals surface area contributed by atoms with E-state index in [1.54, 1.807) is 12.1 Å². The zero-order chi connectivity index (χ0) is 18.8. The minimum atomic E-state index is -0.288. The minimum absolute atomic E-state index is 0.0901. The lowest BCUT2D eigenvalue weighted by molar-refractivity contribution is -0.121. The third kappa shape index (κ3) is 3.77. The molecule has 2 heterocycles. The number of carbonyl (C=O) groups excluding carboxylic acids is 1. The molecule has 1 N–H and O–H groups in total. The van der Waals surface area contributed by atoms with Gasteiger partial charge < -0.3 is 9.88 Å². The van der Waals surface area contributed by atoms with Crippen LogP contribution in [-0.4, -0.2) is 26.8 Å². The molecular weight excluding hydrogens is 347 g/mol. The van der Waals surface area contributed by atoms with Gasteiger partial charge in [-0.25, -0.2) is 9.07 Å². The molecule has 1 aliphatic carbocycles. The molecule has 140 valence electrons. The first-order valence-electron chi connectivity index (χ1n) is 9.21. The maximum Gasteiger partial charge on any atom is 0.267 e. The number of carbonyl (C=O) groups is 1. The fourth-order valence-electron chi connectivity index (χ4n) is 3.57. The second kappa shape index (κ2) is 7.34. The van der Waals surface area contributed by atoms with E-state index in [2.05, 4.69) is 10.4 Å². The van der Waals surface area contributed by atoms with E-state index in [1.807, 2.05) is 16.8 Å². The maximum absolute atomic E-state index is 13.4. The predicted octanol–water partition coefficient (Wildman–Crippen LogP) is 2.03. The van der Waals surface area contributed by atoms with Gasteiger partial charge in [0.1, 0.15) is 12.4 Å². The highest BCUT2D eigenvalue weighted by molar-refractivity contribution is 5.80. The quantitative estimate of drug-likeness (QED) is 0.749. The Bertz CT molecular complexity index is 1050. The van der Waals surface area contributed by atoms with Gasteiger partial charge in [-0.3, -0.25) is 9.59 Å². The van der Waals surface area contributed by atoms with Gasteiger partial charge in [-0.2, -0.15) is 5.10 Å². The van der Waals surface area contributed by atoms with E-state index in [9.17, 15) is 14.0 Å². The van der Waals surface area contributed by atoms with E-state index >= 15 is 0 Å². The summed E-state index contributed by atoms with van der Waals surface area (Å²) in [6.45, 7) is 0.817. The maximum atomic E-state index is 13.4. The summed E-state index contributed by atoms with van der Waals surface area (Å²) in [6.07, 6.45) is 5.75. The molecule has 2 aromatic heterocycles. The number of halogens is 1. The van der Waals surface area contributed by atoms with Crippen molar-refractivity contribution in [2.75, 3.05) is 6.54 Å². The topological polar surface area (TPSA) is 68.9 Å². The Morgan fingerprint density at radius 3 is 2.93 bits per heavy atom. The summed E-state index contributed by atoms with van der Waals surface area (Å²) in [5, 5.41) is 8.11. The molecule has 1 amide bonds. The van der Waals surface area contributed by atoms with Crippen molar-refractivity contribution >= 4 is 16.8 Å². The van der Waals surface area contributed by atoms with Gasteiger partial charge in [-0.15, -0.1) is 0 Å². The molecule has 4 rings (SSSR count). The van der Waals surface area contributed by atoms with E-state index in [4.69, 9.17) is 0 Å². The van der Waals surface area contributed by atoms with Gasteiger partial charge in [0.25, 0.3) is 5.56 Å². The van der Waals surface area contributed by atoms with E-state index in [1.165, 1.54) is 16.8 Å². The molecule has 0 saturated heterocycles. The Kier molecular flexibility index (Phi) is 4.75. The van der Waals surface area contributed by atoms with Crippen LogP contribution in [0, 0.1) is 5.82 Å². The van der Waals surface area contributed by atoms with E-state index in [0.717, 1.165) is 47.8 Å². The van der Waals surface area contributed by atoms with Crippen LogP contribution in [-0.2, 0) is 30.7 Å². The van der Waals surface area contributed by atoms with Gasteiger partial charge in [0, 0.05) is 25.4 Å². The average molecular weight is 368 g/mol. The van der Waals surface area contributed by atoms with Gasteiger partial charge in [0.15, 0.2) is 0 Å². The molecule has 7 heteroatoms. The zero-order valence-electron chi connectivity index (χ0n) is 14.9. The molecule has 27 heavy (non-hydrogen) atoms. The molecule has 0 atom stereocenters. The van der Waals surface area contributed by atoms with Crippen LogP contribution in [0.2, 0.25) is 0 Å². The van der Waals surface area contributed by atoms with Crippen LogP contribution < -0.4 is 10.9 Å². The molecule has 1 aliphatic rings. The number of nitrogens with one attached hydrogen (secondary N) is 1. The Labute approximate surface area is 155 Å². The number of benzene rings is 1. The predicted molar refractivity (Wildman–Crippen MR) is 100 cm³/mol. The lowest BCUT2D eigenvalue weighted by atomic mass is 9.97. The van der Waals surface area contributed by atoms with Crippen molar-refractivity contribution in [3.8, 4) is 0 Å². The summed E-state index contributed by atoms with van der Waals surface area (Å²) >= 11 is 0. The molecule has 1 aromatic carbocycles. The third-order valence-electron chi connectivity index (χ3n) is 4.98. The molecule has 3 aromatic rings. The van der Waals surface area contributed by atoms with Gasteiger partial charge in [-0.1, -0.05) is 0 Å². The number of nitrogens with zero attached hydrogens (tertiary/aromatic N) is 3. The molecule has 0 saturated carbocycles. The molecule has 0 fully saturated rings. The summed E-state index contributed by atoms with van der Waals surface area (Å²) in [5.41, 5.74) is 2.48. The Morgan fingerprint density at radius 1 is 1.19 bits per heavy atom. The van der Waals surface area contributed by atoms with E-state index in [0.29, 0.717) is 13.1 Å². The van der Waals surface area contributed by atoms with Crippen molar-refractivity contribution < 1.29 is 9.18 Å². The number of aryl methyl sites for hydroxylation is 2. The van der Waals surface area contributed by atoms with Crippen LogP contribution in [0.3, 0.4) is 0 Å². The second-order valence-corrected chi connectivity index (χ2v) is 6.88. The van der Waals surface area contributed by atoms with Crippen LogP contribution in [0.15, 0.2) is 41.3 Å². The van der Waals surface area contributed by atoms with Crippen molar-refractivity contribution in [1.29, 1.82) is 0 Å². The first-order chi connectivity index (χ1) is 13.1. The van der Waals surface area contributed by atoms with Crippen LogP contribution in [0.4, 0.5) is 4.39 Å². The molecule has 0 unspecified atom stereocenters. The monoisotopic (exact) mass is 368 g/mol. The van der Waals surface area contributed by atoms with Crippen molar-refractivity contribution in [3.05, 3.63) is 64.0 Å². The summed E-state index contributed by atoms with van der Waals surface area (Å²) in [7, 11) is 0. The third-order valence-corrected chi connectivity index (χ3v) is 4.98. The second-order valence-electron chi connectivity index (χ2n) is 6.88. The lowest BCUT2D eigenvalue weighted by Gasteiger charge is -2.15. The van der Waals surface area contributed by atoms with Crippen LogP contribution in [0.1, 0.15) is 24.1 Å². The molecule has 6 nitrogen and oxygen atoms in total. The fourth-order valence-corrected chi connectivity index (χ4v) is 3.57. The number of rotatable bonds is 5. The normalized spacial score (nSPS) is 13.5. The highest BCUT2D eigenvalue weighted by Gasteiger charge is 2.14. The number of hydrogen-bond donors (Lipinski definition) is 1. The number of amides is 1. The fraction of sp³-hybridized carbons (Fsp3) is 0.350. The summed E-state index contributed by atoms with van der Waals surface area (Å²) in [5.74, 6) is -0.549. The summed E-state index contributed by atoms with van der Waals surface area (Å²) in [4.78, 5) is 24.3. The van der Waals surface area contributed by atoms with Crippen molar-refractivity contribution in [2.45, 2.75) is 38.8 Å². The number of aromatic nitrogens is 3. The summed E-state index contributed by atoms with van der Waals surface area (Å²) < 4.78 is 16.5. The van der Waals surface area contributed by atoms with Crippen LogP contribution >= 0.6 is 0 Å². The highest BCUT2D eigenvalue weighted by Crippen LogP contribution is 2.17. The van der Waals surface area contributed by atoms with E-state index in [-0.39, 0.29) is 23.8 Å². The molecular formula is C20H21FN4O2. The van der Waals surface area contributed by atoms with Gasteiger partial charge in [0.2, 0.25) is 5.91 Å². The first kappa shape index (κ1) is 17.5. The minimum Gasteiger partial charge on any atom is -0.353 e. The average Bonchev–Trinajstić information content (AvgIpc) is 3.04. The lowest BCUT2D eigenvalue weighted by Crippen LogP contribution is -2.36. The Balaban J connectivity index is 1.37. The molecule has 0 aliphatic heterocycles. The van der Waals surface area contributed by atoms with Gasteiger partial charge in [0.05, 0.1) is 11.2 Å². The first-order valence-corrected chi connectivity index (χ1v) is 9.21. The standard InChI is InChI=1S/C20H21FN4O2/c21-16-6-5-14-7-9-24(18(14)12-16)10-8-22-19(26)13-25-20(27)11-15-3-1-2-4-17(15)23-25/h5-7,9,11-12H,1-4,8,10,13H2,(H,22,26). The summed E-state index contributed by atoms with van der Waals surface area (Å²) in [6, 6.07) is 8.15. The van der Waals surface area contributed by atoms with Crippen LogP contribution in [0.5, 0.6) is 0 Å². The molecule has 0 bridgehead atoms. The number of hydrogen-bond acceptors (Lipinski definition) is 3. The zero-order valence-corrected chi connectivity index (χ0v) is 14.9. The molecule has 0 spiro atoms. The van der Waals surface area contributed by atoms with Crippen molar-refractivity contribution in [1.82, 2.24) is 19.7 Å². The Hall–Kier alpha value is -2.96. The Morgan fingerprint density at radius 2 is 2.04 bits per heavy atom. The number of fused-ring (bicyclic) bond motifs is 2. The van der Waals surface area contributed by atoms with Crippen molar-refractivity contribution in [2.24, 2.45) is 0 Å². The SMILES string of the molecule is O=C(Cn1nc2c(cc1=O)CCCC2)NCCn1ccc2ccc(F)cc21. The highest BCUT2D eigenvalue weighted by atomic mass is 19.1. The van der Waals surface area contributed by atoms with E-state index < -0.39 is 0 Å². The molecule has 0 radical (unpaired) electrons. The van der Waals surface area contributed by atoms with Gasteiger partial charge in [-0.05, 0) is 60.9 Å².